The molecule has 4 nitrogen and oxygen atoms in total. The van der Waals surface area contributed by atoms with Gasteiger partial charge in [0, 0.05) is 24.6 Å². The van der Waals surface area contributed by atoms with E-state index >= 15 is 0 Å². The van der Waals surface area contributed by atoms with Crippen LogP contribution >= 0.6 is 15.9 Å². The van der Waals surface area contributed by atoms with E-state index in [0.29, 0.717) is 13.1 Å². The molecule has 0 bridgehead atoms. The van der Waals surface area contributed by atoms with Gasteiger partial charge in [-0.15, -0.1) is 0 Å². The number of benzene rings is 1. The number of nitrogens with zero attached hydrogens (tertiary/aromatic N) is 2. The summed E-state index contributed by atoms with van der Waals surface area (Å²) in [6.07, 6.45) is 0. The monoisotopic (exact) mass is 269 g/mol. The molecule has 5 heteroatoms. The van der Waals surface area contributed by atoms with Gasteiger partial charge in [-0.25, -0.2) is 4.79 Å². The minimum Gasteiger partial charge on any atom is -0.329 e. The van der Waals surface area contributed by atoms with E-state index in [4.69, 9.17) is 5.73 Å². The molecule has 0 aliphatic carbocycles. The molecule has 1 heterocycles. The third kappa shape index (κ3) is 1.61. The van der Waals surface area contributed by atoms with E-state index in [1.165, 1.54) is 0 Å². The highest BCUT2D eigenvalue weighted by Gasteiger charge is 2.09. The first-order chi connectivity index (χ1) is 7.15. The van der Waals surface area contributed by atoms with Crippen LogP contribution in [0.3, 0.4) is 0 Å². The van der Waals surface area contributed by atoms with E-state index in [2.05, 4.69) is 15.9 Å². The van der Waals surface area contributed by atoms with Gasteiger partial charge in [0.25, 0.3) is 0 Å². The van der Waals surface area contributed by atoms with Crippen molar-refractivity contribution in [3.63, 3.8) is 0 Å². The third-order valence-electron chi connectivity index (χ3n) is 2.46. The van der Waals surface area contributed by atoms with Gasteiger partial charge in [0.15, 0.2) is 0 Å². The van der Waals surface area contributed by atoms with Gasteiger partial charge >= 0.3 is 5.69 Å². The molecule has 0 amide bonds. The molecule has 0 saturated heterocycles. The summed E-state index contributed by atoms with van der Waals surface area (Å²) in [6.45, 7) is 1.02. The molecule has 0 aliphatic rings. The zero-order valence-corrected chi connectivity index (χ0v) is 9.99. The number of halogens is 1. The lowest BCUT2D eigenvalue weighted by atomic mass is 10.3. The Morgan fingerprint density at radius 1 is 1.40 bits per heavy atom. The number of nitrogens with two attached hydrogens (primary N) is 1. The maximum absolute atomic E-state index is 11.8. The Labute approximate surface area is 95.4 Å². The summed E-state index contributed by atoms with van der Waals surface area (Å²) in [5.41, 5.74) is 7.31. The Balaban J connectivity index is 2.81. The fourth-order valence-corrected chi connectivity index (χ4v) is 2.07. The summed E-state index contributed by atoms with van der Waals surface area (Å²) in [7, 11) is 1.77. The molecule has 0 spiro atoms. The highest BCUT2D eigenvalue weighted by atomic mass is 79.9. The average Bonchev–Trinajstić information content (AvgIpc) is 2.44. The van der Waals surface area contributed by atoms with Crippen LogP contribution in [0.5, 0.6) is 0 Å². The molecule has 2 N–H and O–H groups in total. The fraction of sp³-hybridized carbons (Fsp3) is 0.300. The lowest BCUT2D eigenvalue weighted by molar-refractivity contribution is 0.675. The van der Waals surface area contributed by atoms with Crippen LogP contribution in [-0.4, -0.2) is 15.7 Å². The second-order valence-corrected chi connectivity index (χ2v) is 4.33. The topological polar surface area (TPSA) is 53.0 Å². The third-order valence-corrected chi connectivity index (χ3v) is 2.95. The normalized spacial score (nSPS) is 11.1. The molecule has 1 aromatic heterocycles. The summed E-state index contributed by atoms with van der Waals surface area (Å²) >= 11 is 3.39. The number of aromatic nitrogens is 2. The van der Waals surface area contributed by atoms with Crippen molar-refractivity contribution < 1.29 is 0 Å². The van der Waals surface area contributed by atoms with Crippen molar-refractivity contribution in [2.24, 2.45) is 12.8 Å². The number of hydrogen-bond donors (Lipinski definition) is 1. The summed E-state index contributed by atoms with van der Waals surface area (Å²) < 4.78 is 4.30. The van der Waals surface area contributed by atoms with E-state index in [-0.39, 0.29) is 5.69 Å². The van der Waals surface area contributed by atoms with Crippen molar-refractivity contribution in [3.8, 4) is 0 Å². The van der Waals surface area contributed by atoms with Crippen molar-refractivity contribution in [1.29, 1.82) is 0 Å². The lowest BCUT2D eigenvalue weighted by Crippen LogP contribution is -2.25. The molecule has 15 heavy (non-hydrogen) atoms. The zero-order chi connectivity index (χ0) is 11.0. The Morgan fingerprint density at radius 2 is 2.13 bits per heavy atom. The van der Waals surface area contributed by atoms with Crippen molar-refractivity contribution in [2.45, 2.75) is 6.54 Å². The quantitative estimate of drug-likeness (QED) is 0.887. The van der Waals surface area contributed by atoms with Crippen molar-refractivity contribution >= 4 is 27.0 Å². The fourth-order valence-electron chi connectivity index (χ4n) is 1.73. The molecular weight excluding hydrogens is 258 g/mol. The van der Waals surface area contributed by atoms with Crippen LogP contribution in [0.15, 0.2) is 27.5 Å². The molecule has 0 radical (unpaired) electrons. The molecule has 2 rings (SSSR count). The summed E-state index contributed by atoms with van der Waals surface area (Å²) in [6, 6.07) is 5.79. The van der Waals surface area contributed by atoms with Crippen molar-refractivity contribution in [3.05, 3.63) is 33.2 Å². The van der Waals surface area contributed by atoms with Gasteiger partial charge in [0.05, 0.1) is 11.0 Å². The number of fused-ring (bicyclic) bond motifs is 1. The molecule has 0 fully saturated rings. The minimum atomic E-state index is -0.0199. The molecule has 0 saturated carbocycles. The lowest BCUT2D eigenvalue weighted by Gasteiger charge is -1.99. The van der Waals surface area contributed by atoms with Gasteiger partial charge in [-0.05, 0) is 18.2 Å². The minimum absolute atomic E-state index is 0.0199. The molecular formula is C10H12BrN3O. The number of hydrogen-bond acceptors (Lipinski definition) is 2. The second kappa shape index (κ2) is 3.83. The highest BCUT2D eigenvalue weighted by molar-refractivity contribution is 9.10. The van der Waals surface area contributed by atoms with Crippen LogP contribution < -0.4 is 11.4 Å². The van der Waals surface area contributed by atoms with Crippen LogP contribution in [-0.2, 0) is 13.6 Å². The zero-order valence-electron chi connectivity index (χ0n) is 8.40. The second-order valence-electron chi connectivity index (χ2n) is 3.41. The Bertz CT molecular complexity index is 556. The van der Waals surface area contributed by atoms with E-state index in [1.54, 1.807) is 16.2 Å². The van der Waals surface area contributed by atoms with Crippen LogP contribution in [0.2, 0.25) is 0 Å². The summed E-state index contributed by atoms with van der Waals surface area (Å²) in [5, 5.41) is 0. The van der Waals surface area contributed by atoms with E-state index in [9.17, 15) is 4.79 Å². The van der Waals surface area contributed by atoms with Gasteiger partial charge < -0.3 is 5.73 Å². The van der Waals surface area contributed by atoms with Crippen molar-refractivity contribution in [1.82, 2.24) is 9.13 Å². The van der Waals surface area contributed by atoms with E-state index in [0.717, 1.165) is 15.5 Å². The summed E-state index contributed by atoms with van der Waals surface area (Å²) in [4.78, 5) is 11.8. The van der Waals surface area contributed by atoms with Gasteiger partial charge in [0.2, 0.25) is 0 Å². The first-order valence-electron chi connectivity index (χ1n) is 4.70. The average molecular weight is 270 g/mol. The van der Waals surface area contributed by atoms with E-state index < -0.39 is 0 Å². The molecule has 80 valence electrons. The Hall–Kier alpha value is -1.07. The first-order valence-corrected chi connectivity index (χ1v) is 5.49. The molecule has 0 unspecified atom stereocenters. The predicted molar refractivity (Wildman–Crippen MR) is 63.9 cm³/mol. The maximum Gasteiger partial charge on any atom is 0.328 e. The number of rotatable bonds is 2. The molecule has 0 atom stereocenters. The van der Waals surface area contributed by atoms with Crippen LogP contribution in [0.25, 0.3) is 11.0 Å². The van der Waals surface area contributed by atoms with Gasteiger partial charge in [0.1, 0.15) is 0 Å². The van der Waals surface area contributed by atoms with E-state index in [1.807, 2.05) is 18.2 Å². The largest absolute Gasteiger partial charge is 0.329 e. The van der Waals surface area contributed by atoms with Gasteiger partial charge in [-0.3, -0.25) is 9.13 Å². The maximum atomic E-state index is 11.8. The van der Waals surface area contributed by atoms with Crippen LogP contribution in [0.4, 0.5) is 0 Å². The molecule has 2 aromatic rings. The number of imidazole rings is 1. The highest BCUT2D eigenvalue weighted by Crippen LogP contribution is 2.18. The molecule has 0 aliphatic heterocycles. The Kier molecular flexibility index (Phi) is 2.67. The number of aryl methyl sites for hydroxylation is 1. The van der Waals surface area contributed by atoms with Gasteiger partial charge in [-0.2, -0.15) is 0 Å². The van der Waals surface area contributed by atoms with Crippen LogP contribution in [0, 0.1) is 0 Å². The smallest absolute Gasteiger partial charge is 0.328 e. The Morgan fingerprint density at radius 3 is 2.80 bits per heavy atom. The van der Waals surface area contributed by atoms with Crippen molar-refractivity contribution in [2.75, 3.05) is 6.54 Å². The molecule has 1 aromatic carbocycles. The van der Waals surface area contributed by atoms with Crippen LogP contribution in [0.1, 0.15) is 0 Å². The first kappa shape index (κ1) is 10.4. The predicted octanol–water partition coefficient (Wildman–Crippen LogP) is 1.06. The van der Waals surface area contributed by atoms with Gasteiger partial charge in [-0.1, -0.05) is 15.9 Å². The standard InChI is InChI=1S/C10H12BrN3O/c1-13-9-6-7(11)2-3-8(9)14(5-4-12)10(13)15/h2-3,6H,4-5,12H2,1H3. The summed E-state index contributed by atoms with van der Waals surface area (Å²) in [5.74, 6) is 0. The SMILES string of the molecule is Cn1c(=O)n(CCN)c2ccc(Br)cc21.